The Labute approximate surface area is 129 Å². The molecule has 0 atom stereocenters. The van der Waals surface area contributed by atoms with Gasteiger partial charge in [0.1, 0.15) is 4.90 Å². The molecule has 3 aromatic rings. The Balaban J connectivity index is 2.30. The number of aromatic nitrogens is 1. The molecular formula is C17H16N2O2S. The van der Waals surface area contributed by atoms with Gasteiger partial charge in [0.2, 0.25) is 10.0 Å². The number of rotatable bonds is 3. The molecule has 0 bridgehead atoms. The van der Waals surface area contributed by atoms with Gasteiger partial charge in [0.15, 0.2) is 0 Å². The number of primary sulfonamides is 1. The van der Waals surface area contributed by atoms with Crippen LogP contribution in [0.15, 0.2) is 71.6 Å². The van der Waals surface area contributed by atoms with Crippen LogP contribution in [0.3, 0.4) is 0 Å². The number of benzene rings is 2. The first-order valence-electron chi connectivity index (χ1n) is 6.84. The second-order valence-corrected chi connectivity index (χ2v) is 6.60. The minimum Gasteiger partial charge on any atom is -0.313 e. The quantitative estimate of drug-likeness (QED) is 0.807. The molecule has 5 heteroatoms. The van der Waals surface area contributed by atoms with Crippen molar-refractivity contribution in [3.05, 3.63) is 72.4 Å². The van der Waals surface area contributed by atoms with Crippen molar-refractivity contribution in [1.82, 2.24) is 4.57 Å². The lowest BCUT2D eigenvalue weighted by molar-refractivity contribution is 0.597. The molecule has 2 N–H and O–H groups in total. The summed E-state index contributed by atoms with van der Waals surface area (Å²) in [5.41, 5.74) is 3.44. The van der Waals surface area contributed by atoms with Crippen LogP contribution in [0.2, 0.25) is 0 Å². The summed E-state index contributed by atoms with van der Waals surface area (Å²) in [4.78, 5) is 0.117. The summed E-state index contributed by atoms with van der Waals surface area (Å²) < 4.78 is 25.7. The summed E-state index contributed by atoms with van der Waals surface area (Å²) in [6.45, 7) is 1.94. The number of nitrogens with two attached hydrogens (primary N) is 1. The van der Waals surface area contributed by atoms with E-state index in [-0.39, 0.29) is 4.90 Å². The van der Waals surface area contributed by atoms with Crippen LogP contribution in [0.5, 0.6) is 0 Å². The van der Waals surface area contributed by atoms with Crippen molar-refractivity contribution in [2.45, 2.75) is 11.8 Å². The zero-order valence-corrected chi connectivity index (χ0v) is 12.9. The van der Waals surface area contributed by atoms with Gasteiger partial charge in [-0.1, -0.05) is 42.5 Å². The van der Waals surface area contributed by atoms with E-state index < -0.39 is 10.0 Å². The molecule has 0 aliphatic carbocycles. The van der Waals surface area contributed by atoms with Crippen molar-refractivity contribution in [3.63, 3.8) is 0 Å². The van der Waals surface area contributed by atoms with Gasteiger partial charge in [0.05, 0.1) is 11.4 Å². The van der Waals surface area contributed by atoms with Crippen LogP contribution in [0.25, 0.3) is 16.9 Å². The molecule has 0 unspecified atom stereocenters. The Morgan fingerprint density at radius 1 is 0.864 bits per heavy atom. The number of para-hydroxylation sites is 1. The average molecular weight is 312 g/mol. The van der Waals surface area contributed by atoms with Crippen molar-refractivity contribution in [2.24, 2.45) is 5.14 Å². The van der Waals surface area contributed by atoms with Crippen molar-refractivity contribution in [1.29, 1.82) is 0 Å². The largest absolute Gasteiger partial charge is 0.313 e. The summed E-state index contributed by atoms with van der Waals surface area (Å²) in [5, 5.41) is 5.36. The van der Waals surface area contributed by atoms with Crippen LogP contribution < -0.4 is 5.14 Å². The molecule has 112 valence electrons. The van der Waals surface area contributed by atoms with Gasteiger partial charge in [-0.25, -0.2) is 13.6 Å². The van der Waals surface area contributed by atoms with Gasteiger partial charge in [-0.15, -0.1) is 0 Å². The van der Waals surface area contributed by atoms with Crippen molar-refractivity contribution in [2.75, 3.05) is 0 Å². The van der Waals surface area contributed by atoms with Crippen molar-refractivity contribution in [3.8, 4) is 16.9 Å². The summed E-state index contributed by atoms with van der Waals surface area (Å²) in [7, 11) is -3.80. The van der Waals surface area contributed by atoms with Gasteiger partial charge < -0.3 is 4.57 Å². The molecule has 3 rings (SSSR count). The van der Waals surface area contributed by atoms with E-state index in [2.05, 4.69) is 0 Å². The average Bonchev–Trinajstić information content (AvgIpc) is 2.89. The number of nitrogens with zero attached hydrogens (tertiary/aromatic N) is 1. The highest BCUT2D eigenvalue weighted by Gasteiger charge is 2.18. The Morgan fingerprint density at radius 3 is 2.18 bits per heavy atom. The highest BCUT2D eigenvalue weighted by Crippen LogP contribution is 2.29. The molecule has 0 spiro atoms. The van der Waals surface area contributed by atoms with E-state index >= 15 is 0 Å². The topological polar surface area (TPSA) is 65.1 Å². The van der Waals surface area contributed by atoms with E-state index in [1.54, 1.807) is 18.2 Å². The second-order valence-electron chi connectivity index (χ2n) is 5.07. The third-order valence-electron chi connectivity index (χ3n) is 3.56. The minimum absolute atomic E-state index is 0.117. The molecule has 22 heavy (non-hydrogen) atoms. The lowest BCUT2D eigenvalue weighted by Gasteiger charge is -2.15. The zero-order chi connectivity index (χ0) is 15.7. The fourth-order valence-corrected chi connectivity index (χ4v) is 3.29. The number of sulfonamides is 1. The molecule has 1 heterocycles. The predicted molar refractivity (Wildman–Crippen MR) is 87.3 cm³/mol. The molecule has 2 aromatic carbocycles. The van der Waals surface area contributed by atoms with E-state index in [9.17, 15) is 8.42 Å². The van der Waals surface area contributed by atoms with Crippen molar-refractivity contribution < 1.29 is 8.42 Å². The highest BCUT2D eigenvalue weighted by atomic mass is 32.2. The maximum Gasteiger partial charge on any atom is 0.240 e. The SMILES string of the molecule is Cc1ccc(-c2ccccc2)n1-c1ccccc1S(N)(=O)=O. The monoisotopic (exact) mass is 312 g/mol. The van der Waals surface area contributed by atoms with Gasteiger partial charge >= 0.3 is 0 Å². The number of aryl methyl sites for hydroxylation is 1. The summed E-state index contributed by atoms with van der Waals surface area (Å²) in [6, 6.07) is 20.5. The molecule has 0 fully saturated rings. The van der Waals surface area contributed by atoms with Crippen LogP contribution in [0.1, 0.15) is 5.69 Å². The molecule has 0 saturated heterocycles. The first-order chi connectivity index (χ1) is 10.5. The smallest absolute Gasteiger partial charge is 0.240 e. The maximum atomic E-state index is 11.9. The van der Waals surface area contributed by atoms with E-state index in [0.717, 1.165) is 17.0 Å². The molecule has 0 amide bonds. The first kappa shape index (κ1) is 14.6. The predicted octanol–water partition coefficient (Wildman–Crippen LogP) is 3.10. The Morgan fingerprint density at radius 2 is 1.50 bits per heavy atom. The zero-order valence-electron chi connectivity index (χ0n) is 12.1. The first-order valence-corrected chi connectivity index (χ1v) is 8.39. The van der Waals surface area contributed by atoms with Crippen LogP contribution >= 0.6 is 0 Å². The van der Waals surface area contributed by atoms with Gasteiger partial charge in [0, 0.05) is 5.69 Å². The fraction of sp³-hybridized carbons (Fsp3) is 0.0588. The van der Waals surface area contributed by atoms with E-state index in [4.69, 9.17) is 5.14 Å². The van der Waals surface area contributed by atoms with Crippen LogP contribution in [-0.2, 0) is 10.0 Å². The lowest BCUT2D eigenvalue weighted by Crippen LogP contribution is -2.15. The molecular weight excluding hydrogens is 296 g/mol. The Hall–Kier alpha value is -2.37. The number of hydrogen-bond acceptors (Lipinski definition) is 2. The van der Waals surface area contributed by atoms with Crippen LogP contribution in [0, 0.1) is 6.92 Å². The van der Waals surface area contributed by atoms with Gasteiger partial charge in [-0.05, 0) is 36.8 Å². The van der Waals surface area contributed by atoms with E-state index in [0.29, 0.717) is 5.69 Å². The lowest BCUT2D eigenvalue weighted by atomic mass is 10.1. The maximum absolute atomic E-state index is 11.9. The van der Waals surface area contributed by atoms with Crippen LogP contribution in [-0.4, -0.2) is 13.0 Å². The molecule has 4 nitrogen and oxygen atoms in total. The summed E-state index contributed by atoms with van der Waals surface area (Å²) in [5.74, 6) is 0. The fourth-order valence-electron chi connectivity index (χ4n) is 2.58. The molecule has 1 aromatic heterocycles. The van der Waals surface area contributed by atoms with Gasteiger partial charge in [0.25, 0.3) is 0 Å². The van der Waals surface area contributed by atoms with Crippen molar-refractivity contribution >= 4 is 10.0 Å². The Kier molecular flexibility index (Phi) is 3.60. The molecule has 0 aliphatic rings. The normalized spacial score (nSPS) is 11.5. The van der Waals surface area contributed by atoms with E-state index in [1.807, 2.05) is 54.0 Å². The molecule has 0 aliphatic heterocycles. The third-order valence-corrected chi connectivity index (χ3v) is 4.52. The molecule has 0 radical (unpaired) electrons. The third kappa shape index (κ3) is 2.56. The minimum atomic E-state index is -3.80. The molecule has 0 saturated carbocycles. The highest BCUT2D eigenvalue weighted by molar-refractivity contribution is 7.89. The summed E-state index contributed by atoms with van der Waals surface area (Å²) >= 11 is 0. The van der Waals surface area contributed by atoms with Gasteiger partial charge in [-0.2, -0.15) is 0 Å². The Bertz CT molecular complexity index is 913. The van der Waals surface area contributed by atoms with Gasteiger partial charge in [-0.3, -0.25) is 0 Å². The summed E-state index contributed by atoms with van der Waals surface area (Å²) in [6.07, 6.45) is 0. The number of hydrogen-bond donors (Lipinski definition) is 1. The second kappa shape index (κ2) is 5.44. The van der Waals surface area contributed by atoms with Crippen LogP contribution in [0.4, 0.5) is 0 Å². The standard InChI is InChI=1S/C17H16N2O2S/c1-13-11-12-15(14-7-3-2-4-8-14)19(13)16-9-5-6-10-17(16)22(18,20)21/h2-12H,1H3,(H2,18,20,21). The van der Waals surface area contributed by atoms with E-state index in [1.165, 1.54) is 6.07 Å².